The van der Waals surface area contributed by atoms with Crippen LogP contribution in [-0.4, -0.2) is 15.0 Å². The maximum absolute atomic E-state index is 4.47. The van der Waals surface area contributed by atoms with E-state index in [0.717, 1.165) is 27.8 Å². The van der Waals surface area contributed by atoms with E-state index in [9.17, 15) is 0 Å². The number of thioether (sulfide) groups is 1. The van der Waals surface area contributed by atoms with Gasteiger partial charge in [0.25, 0.3) is 0 Å². The molecule has 0 amide bonds. The van der Waals surface area contributed by atoms with E-state index in [1.165, 1.54) is 10.9 Å². The van der Waals surface area contributed by atoms with Crippen molar-refractivity contribution in [2.45, 2.75) is 24.8 Å². The highest BCUT2D eigenvalue weighted by Gasteiger charge is 2.05. The first kappa shape index (κ1) is 13.1. The summed E-state index contributed by atoms with van der Waals surface area (Å²) in [5, 5.41) is 2.00. The number of nitrogens with zero attached hydrogens (tertiary/aromatic N) is 3. The molecule has 4 heteroatoms. The van der Waals surface area contributed by atoms with E-state index in [1.807, 2.05) is 32.2 Å². The molecule has 3 nitrogen and oxygen atoms in total. The van der Waals surface area contributed by atoms with Gasteiger partial charge in [-0.3, -0.25) is 4.98 Å². The van der Waals surface area contributed by atoms with Crippen molar-refractivity contribution in [3.63, 3.8) is 0 Å². The average Bonchev–Trinajstić information content (AvgIpc) is 2.44. The van der Waals surface area contributed by atoms with Gasteiger partial charge < -0.3 is 0 Å². The third-order valence-corrected chi connectivity index (χ3v) is 3.93. The van der Waals surface area contributed by atoms with E-state index < -0.39 is 0 Å². The monoisotopic (exact) mass is 281 g/mol. The Morgan fingerprint density at radius 3 is 2.55 bits per heavy atom. The molecular weight excluding hydrogens is 266 g/mol. The normalized spacial score (nSPS) is 10.9. The number of hydrogen-bond acceptors (Lipinski definition) is 4. The standard InChI is InChI=1S/C16H15N3S/c1-11-9-12(2)19-16(18-11)20-10-14-6-3-5-13-7-4-8-17-15(13)14/h3-9H,10H2,1-2H3. The van der Waals surface area contributed by atoms with Crippen molar-refractivity contribution >= 4 is 22.7 Å². The van der Waals surface area contributed by atoms with Gasteiger partial charge in [-0.1, -0.05) is 36.0 Å². The second kappa shape index (κ2) is 5.59. The number of hydrogen-bond donors (Lipinski definition) is 0. The first-order valence-corrected chi connectivity index (χ1v) is 7.48. The van der Waals surface area contributed by atoms with Crippen LogP contribution in [0.25, 0.3) is 10.9 Å². The molecule has 3 aromatic rings. The van der Waals surface area contributed by atoms with Crippen molar-refractivity contribution in [2.75, 3.05) is 0 Å². The van der Waals surface area contributed by atoms with Gasteiger partial charge >= 0.3 is 0 Å². The molecule has 20 heavy (non-hydrogen) atoms. The van der Waals surface area contributed by atoms with Crippen molar-refractivity contribution in [1.82, 2.24) is 15.0 Å². The van der Waals surface area contributed by atoms with Crippen LogP contribution in [-0.2, 0) is 5.75 Å². The van der Waals surface area contributed by atoms with Crippen LogP contribution in [0.1, 0.15) is 17.0 Å². The van der Waals surface area contributed by atoms with E-state index in [4.69, 9.17) is 0 Å². The van der Waals surface area contributed by atoms with Gasteiger partial charge in [0.1, 0.15) is 0 Å². The molecular formula is C16H15N3S. The molecule has 0 N–H and O–H groups in total. The molecule has 0 spiro atoms. The van der Waals surface area contributed by atoms with Gasteiger partial charge in [0.2, 0.25) is 0 Å². The van der Waals surface area contributed by atoms with Crippen LogP contribution in [0.15, 0.2) is 47.8 Å². The SMILES string of the molecule is Cc1cc(C)nc(SCc2cccc3cccnc23)n1. The maximum atomic E-state index is 4.47. The lowest BCUT2D eigenvalue weighted by molar-refractivity contribution is 0.902. The molecule has 0 radical (unpaired) electrons. The highest BCUT2D eigenvalue weighted by Crippen LogP contribution is 2.24. The molecule has 0 saturated heterocycles. The molecule has 0 unspecified atom stereocenters. The number of fused-ring (bicyclic) bond motifs is 1. The first-order chi connectivity index (χ1) is 9.72. The Balaban J connectivity index is 1.87. The lowest BCUT2D eigenvalue weighted by atomic mass is 10.1. The number of benzene rings is 1. The lowest BCUT2D eigenvalue weighted by Gasteiger charge is -2.06. The minimum atomic E-state index is 0.829. The molecule has 100 valence electrons. The fourth-order valence-electron chi connectivity index (χ4n) is 2.18. The smallest absolute Gasteiger partial charge is 0.188 e. The van der Waals surface area contributed by atoms with Crippen molar-refractivity contribution in [3.8, 4) is 0 Å². The summed E-state index contributed by atoms with van der Waals surface area (Å²) in [7, 11) is 0. The fourth-order valence-corrected chi connectivity index (χ4v) is 3.12. The minimum absolute atomic E-state index is 0.829. The third-order valence-electron chi connectivity index (χ3n) is 3.03. The predicted octanol–water partition coefficient (Wildman–Crippen LogP) is 3.93. The fraction of sp³-hybridized carbons (Fsp3) is 0.188. The van der Waals surface area contributed by atoms with E-state index >= 15 is 0 Å². The zero-order valence-corrected chi connectivity index (χ0v) is 12.3. The number of pyridine rings is 1. The zero-order chi connectivity index (χ0) is 13.9. The van der Waals surface area contributed by atoms with E-state index in [1.54, 1.807) is 11.8 Å². The molecule has 0 aliphatic heterocycles. The molecule has 0 fully saturated rings. The number of para-hydroxylation sites is 1. The van der Waals surface area contributed by atoms with Crippen molar-refractivity contribution < 1.29 is 0 Å². The van der Waals surface area contributed by atoms with Gasteiger partial charge in [0, 0.05) is 28.7 Å². The molecule has 0 bridgehead atoms. The summed E-state index contributed by atoms with van der Waals surface area (Å²) in [6.07, 6.45) is 1.84. The Hall–Kier alpha value is -1.94. The Labute approximate surface area is 122 Å². The van der Waals surface area contributed by atoms with Crippen LogP contribution >= 0.6 is 11.8 Å². The molecule has 2 aromatic heterocycles. The van der Waals surface area contributed by atoms with E-state index in [0.29, 0.717) is 0 Å². The third kappa shape index (κ3) is 2.80. The topological polar surface area (TPSA) is 38.7 Å². The average molecular weight is 281 g/mol. The van der Waals surface area contributed by atoms with Crippen molar-refractivity contribution in [2.24, 2.45) is 0 Å². The molecule has 0 atom stereocenters. The van der Waals surface area contributed by atoms with Gasteiger partial charge in [0.15, 0.2) is 5.16 Å². The molecule has 2 heterocycles. The van der Waals surface area contributed by atoms with Crippen molar-refractivity contribution in [3.05, 3.63) is 59.5 Å². The van der Waals surface area contributed by atoms with Crippen LogP contribution in [0.3, 0.4) is 0 Å². The van der Waals surface area contributed by atoms with Crippen LogP contribution < -0.4 is 0 Å². The molecule has 0 aliphatic carbocycles. The maximum Gasteiger partial charge on any atom is 0.188 e. The number of rotatable bonds is 3. The Bertz CT molecular complexity index is 730. The summed E-state index contributed by atoms with van der Waals surface area (Å²) in [4.78, 5) is 13.4. The van der Waals surface area contributed by atoms with Gasteiger partial charge in [-0.15, -0.1) is 0 Å². The Kier molecular flexibility index (Phi) is 3.65. The Morgan fingerprint density at radius 1 is 1.00 bits per heavy atom. The summed E-state index contributed by atoms with van der Waals surface area (Å²) >= 11 is 1.65. The van der Waals surface area contributed by atoms with Gasteiger partial charge in [-0.25, -0.2) is 9.97 Å². The molecule has 3 rings (SSSR count). The van der Waals surface area contributed by atoms with Crippen LogP contribution in [0.2, 0.25) is 0 Å². The number of aromatic nitrogens is 3. The summed E-state index contributed by atoms with van der Waals surface area (Å²) < 4.78 is 0. The first-order valence-electron chi connectivity index (χ1n) is 6.50. The van der Waals surface area contributed by atoms with E-state index in [2.05, 4.69) is 39.2 Å². The molecule has 0 saturated carbocycles. The second-order valence-electron chi connectivity index (χ2n) is 4.71. The summed E-state index contributed by atoms with van der Waals surface area (Å²) in [6.45, 7) is 4.00. The minimum Gasteiger partial charge on any atom is -0.256 e. The van der Waals surface area contributed by atoms with Crippen LogP contribution in [0, 0.1) is 13.8 Å². The molecule has 1 aromatic carbocycles. The summed E-state index contributed by atoms with van der Waals surface area (Å²) in [6, 6.07) is 12.3. The highest BCUT2D eigenvalue weighted by molar-refractivity contribution is 7.98. The van der Waals surface area contributed by atoms with Gasteiger partial charge in [-0.05, 0) is 31.5 Å². The molecule has 0 aliphatic rings. The zero-order valence-electron chi connectivity index (χ0n) is 11.5. The van der Waals surface area contributed by atoms with Crippen molar-refractivity contribution in [1.29, 1.82) is 0 Å². The highest BCUT2D eigenvalue weighted by atomic mass is 32.2. The largest absolute Gasteiger partial charge is 0.256 e. The van der Waals surface area contributed by atoms with Gasteiger partial charge in [-0.2, -0.15) is 0 Å². The van der Waals surface area contributed by atoms with E-state index in [-0.39, 0.29) is 0 Å². The van der Waals surface area contributed by atoms with Gasteiger partial charge in [0.05, 0.1) is 5.52 Å². The number of aryl methyl sites for hydroxylation is 2. The summed E-state index contributed by atoms with van der Waals surface area (Å²) in [5.74, 6) is 0.831. The lowest BCUT2D eigenvalue weighted by Crippen LogP contribution is -1.94. The van der Waals surface area contributed by atoms with Crippen LogP contribution in [0.4, 0.5) is 0 Å². The Morgan fingerprint density at radius 2 is 1.75 bits per heavy atom. The van der Waals surface area contributed by atoms with Crippen LogP contribution in [0.5, 0.6) is 0 Å². The second-order valence-corrected chi connectivity index (χ2v) is 5.66. The predicted molar refractivity (Wildman–Crippen MR) is 82.8 cm³/mol. The summed E-state index contributed by atoms with van der Waals surface area (Å²) in [5.41, 5.74) is 4.30. The quantitative estimate of drug-likeness (QED) is 0.538.